The van der Waals surface area contributed by atoms with Crippen molar-refractivity contribution in [3.63, 3.8) is 0 Å². The predicted molar refractivity (Wildman–Crippen MR) is 148 cm³/mol. The van der Waals surface area contributed by atoms with E-state index in [0.29, 0.717) is 31.0 Å². The van der Waals surface area contributed by atoms with Gasteiger partial charge in [-0.2, -0.15) is 0 Å². The number of carbonyl (C=O) groups excluding carboxylic acids is 2. The molecule has 4 rings (SSSR count). The Hall–Kier alpha value is -3.31. The second-order valence-electron chi connectivity index (χ2n) is 9.61. The fourth-order valence-corrected chi connectivity index (χ4v) is 5.04. The maximum atomic E-state index is 13.7. The van der Waals surface area contributed by atoms with Gasteiger partial charge in [-0.3, -0.25) is 9.59 Å². The average molecular weight is 519 g/mol. The van der Waals surface area contributed by atoms with E-state index >= 15 is 0 Å². The van der Waals surface area contributed by atoms with Crippen LogP contribution < -0.4 is 10.1 Å². The summed E-state index contributed by atoms with van der Waals surface area (Å²) in [5, 5.41) is 3.84. The Labute approximate surface area is 224 Å². The average Bonchev–Trinajstić information content (AvgIpc) is 3.43. The fraction of sp³-hybridized carbons (Fsp3) is 0.355. The van der Waals surface area contributed by atoms with Crippen LogP contribution in [0.4, 0.5) is 0 Å². The largest absolute Gasteiger partial charge is 0.494 e. The van der Waals surface area contributed by atoms with Crippen molar-refractivity contribution in [3.05, 3.63) is 101 Å². The van der Waals surface area contributed by atoms with Crippen molar-refractivity contribution in [2.45, 2.75) is 63.6 Å². The molecule has 1 saturated carbocycles. The van der Waals surface area contributed by atoms with Crippen LogP contribution in [0.5, 0.6) is 5.75 Å². The summed E-state index contributed by atoms with van der Waals surface area (Å²) in [7, 11) is 0. The molecule has 0 aliphatic heterocycles. The van der Waals surface area contributed by atoms with Crippen LogP contribution in [-0.4, -0.2) is 35.4 Å². The standard InChI is InChI=1S/C31H35ClN2O3/c32-26-14-9-13-25(21-26)23-34(30(35)19-10-20-37-28-17-5-2-6-18-28)29(22-24-11-3-1-4-12-24)31(36)33-27-15-7-8-16-27/h1-6,9,11-14,17-18,21,27,29H,7-8,10,15-16,19-20,22-23H2,(H,33,36)/t29-/m0/s1. The summed E-state index contributed by atoms with van der Waals surface area (Å²) in [6.45, 7) is 0.743. The van der Waals surface area contributed by atoms with E-state index in [1.54, 1.807) is 4.90 Å². The first-order chi connectivity index (χ1) is 18.1. The summed E-state index contributed by atoms with van der Waals surface area (Å²) in [4.78, 5) is 29.1. The van der Waals surface area contributed by atoms with E-state index in [0.717, 1.165) is 42.6 Å². The first-order valence-corrected chi connectivity index (χ1v) is 13.5. The molecule has 1 atom stereocenters. The lowest BCUT2D eigenvalue weighted by Gasteiger charge is -2.32. The number of para-hydroxylation sites is 1. The van der Waals surface area contributed by atoms with Crippen LogP contribution in [-0.2, 0) is 22.6 Å². The highest BCUT2D eigenvalue weighted by molar-refractivity contribution is 6.30. The van der Waals surface area contributed by atoms with E-state index in [4.69, 9.17) is 16.3 Å². The van der Waals surface area contributed by atoms with Crippen LogP contribution in [0.2, 0.25) is 5.02 Å². The Bertz CT molecular complexity index is 1130. The number of benzene rings is 3. The van der Waals surface area contributed by atoms with Crippen LogP contribution in [0.25, 0.3) is 0 Å². The molecule has 194 valence electrons. The van der Waals surface area contributed by atoms with Crippen molar-refractivity contribution in [2.75, 3.05) is 6.61 Å². The van der Waals surface area contributed by atoms with E-state index in [9.17, 15) is 9.59 Å². The first-order valence-electron chi connectivity index (χ1n) is 13.1. The molecule has 3 aromatic carbocycles. The van der Waals surface area contributed by atoms with Gasteiger partial charge in [0.2, 0.25) is 11.8 Å². The lowest BCUT2D eigenvalue weighted by Crippen LogP contribution is -2.52. The van der Waals surface area contributed by atoms with Crippen molar-refractivity contribution in [3.8, 4) is 5.75 Å². The number of hydrogen-bond donors (Lipinski definition) is 1. The molecular formula is C31H35ClN2O3. The Kier molecular flexibility index (Phi) is 10.0. The minimum Gasteiger partial charge on any atom is -0.494 e. The number of ether oxygens (including phenoxy) is 1. The molecule has 1 N–H and O–H groups in total. The topological polar surface area (TPSA) is 58.6 Å². The quantitative estimate of drug-likeness (QED) is 0.290. The van der Waals surface area contributed by atoms with Gasteiger partial charge in [-0.25, -0.2) is 0 Å². The molecule has 0 radical (unpaired) electrons. The lowest BCUT2D eigenvalue weighted by atomic mass is 10.0. The molecule has 0 bridgehead atoms. The summed E-state index contributed by atoms with van der Waals surface area (Å²) in [6, 6.07) is 26.5. The number of halogens is 1. The number of nitrogens with one attached hydrogen (secondary N) is 1. The maximum absolute atomic E-state index is 13.7. The molecule has 1 aliphatic carbocycles. The molecule has 2 amide bonds. The van der Waals surface area contributed by atoms with Gasteiger partial charge in [-0.1, -0.05) is 85.1 Å². The predicted octanol–water partition coefficient (Wildman–Crippen LogP) is 6.20. The minimum atomic E-state index is -0.621. The van der Waals surface area contributed by atoms with Gasteiger partial charge in [0.05, 0.1) is 6.61 Å². The summed E-state index contributed by atoms with van der Waals surface area (Å²) in [5.74, 6) is 0.620. The fourth-order valence-electron chi connectivity index (χ4n) is 4.83. The molecule has 5 nitrogen and oxygen atoms in total. The van der Waals surface area contributed by atoms with E-state index in [-0.39, 0.29) is 24.3 Å². The Morgan fingerprint density at radius 3 is 2.30 bits per heavy atom. The zero-order chi connectivity index (χ0) is 25.9. The molecule has 37 heavy (non-hydrogen) atoms. The van der Waals surface area contributed by atoms with Gasteiger partial charge in [-0.05, 0) is 54.7 Å². The van der Waals surface area contributed by atoms with Crippen LogP contribution in [0.15, 0.2) is 84.9 Å². The molecule has 0 spiro atoms. The zero-order valence-corrected chi connectivity index (χ0v) is 21.9. The van der Waals surface area contributed by atoms with Crippen molar-refractivity contribution >= 4 is 23.4 Å². The summed E-state index contributed by atoms with van der Waals surface area (Å²) in [6.07, 6.45) is 5.52. The molecule has 6 heteroatoms. The number of hydrogen-bond acceptors (Lipinski definition) is 3. The summed E-state index contributed by atoms with van der Waals surface area (Å²) >= 11 is 6.25. The molecule has 0 saturated heterocycles. The van der Waals surface area contributed by atoms with E-state index in [2.05, 4.69) is 5.32 Å². The minimum absolute atomic E-state index is 0.0702. The molecular weight excluding hydrogens is 484 g/mol. The number of nitrogens with zero attached hydrogens (tertiary/aromatic N) is 1. The third-order valence-corrected chi connectivity index (χ3v) is 7.00. The normalized spacial score (nSPS) is 14.2. The third-order valence-electron chi connectivity index (χ3n) is 6.76. The van der Waals surface area contributed by atoms with Gasteiger partial charge in [0.1, 0.15) is 11.8 Å². The van der Waals surface area contributed by atoms with Crippen LogP contribution in [0.3, 0.4) is 0 Å². The molecule has 1 aliphatic rings. The number of rotatable bonds is 12. The molecule has 0 aromatic heterocycles. The SMILES string of the molecule is O=C(NC1CCCC1)[C@H](Cc1ccccc1)N(Cc1cccc(Cl)c1)C(=O)CCCOc1ccccc1. The van der Waals surface area contributed by atoms with Crippen LogP contribution >= 0.6 is 11.6 Å². The van der Waals surface area contributed by atoms with Gasteiger partial charge < -0.3 is 15.0 Å². The lowest BCUT2D eigenvalue weighted by molar-refractivity contribution is -0.141. The number of carbonyl (C=O) groups is 2. The Morgan fingerprint density at radius 1 is 0.919 bits per heavy atom. The van der Waals surface area contributed by atoms with Gasteiger partial charge in [-0.15, -0.1) is 0 Å². The Balaban J connectivity index is 1.52. The zero-order valence-electron chi connectivity index (χ0n) is 21.2. The highest BCUT2D eigenvalue weighted by Crippen LogP contribution is 2.21. The van der Waals surface area contributed by atoms with Crippen molar-refractivity contribution < 1.29 is 14.3 Å². The van der Waals surface area contributed by atoms with Gasteiger partial charge in [0, 0.05) is 30.5 Å². The van der Waals surface area contributed by atoms with Gasteiger partial charge >= 0.3 is 0 Å². The molecule has 3 aromatic rings. The van der Waals surface area contributed by atoms with Crippen LogP contribution in [0.1, 0.15) is 49.7 Å². The molecule has 0 heterocycles. The van der Waals surface area contributed by atoms with Gasteiger partial charge in [0.15, 0.2) is 0 Å². The summed E-state index contributed by atoms with van der Waals surface area (Å²) < 4.78 is 5.79. The first kappa shape index (κ1) is 26.7. The van der Waals surface area contributed by atoms with E-state index in [1.165, 1.54) is 0 Å². The highest BCUT2D eigenvalue weighted by atomic mass is 35.5. The van der Waals surface area contributed by atoms with Crippen LogP contribution in [0, 0.1) is 0 Å². The second kappa shape index (κ2) is 13.8. The molecule has 0 unspecified atom stereocenters. The monoisotopic (exact) mass is 518 g/mol. The van der Waals surface area contributed by atoms with Crippen molar-refractivity contribution in [1.29, 1.82) is 0 Å². The van der Waals surface area contributed by atoms with E-state index in [1.807, 2.05) is 84.9 Å². The maximum Gasteiger partial charge on any atom is 0.243 e. The highest BCUT2D eigenvalue weighted by Gasteiger charge is 2.32. The third kappa shape index (κ3) is 8.36. The van der Waals surface area contributed by atoms with Crippen molar-refractivity contribution in [2.24, 2.45) is 0 Å². The van der Waals surface area contributed by atoms with E-state index < -0.39 is 6.04 Å². The smallest absolute Gasteiger partial charge is 0.243 e. The second-order valence-corrected chi connectivity index (χ2v) is 10.0. The molecule has 1 fully saturated rings. The van der Waals surface area contributed by atoms with Gasteiger partial charge in [0.25, 0.3) is 0 Å². The Morgan fingerprint density at radius 2 is 1.59 bits per heavy atom. The number of amides is 2. The summed E-state index contributed by atoms with van der Waals surface area (Å²) in [5.41, 5.74) is 1.92. The van der Waals surface area contributed by atoms with Crippen molar-refractivity contribution in [1.82, 2.24) is 10.2 Å².